The average Bonchev–Trinajstić information content (AvgIpc) is 3.20. The van der Waals surface area contributed by atoms with Gasteiger partial charge in [-0.2, -0.15) is 0 Å². The molecule has 1 atom stereocenters. The van der Waals surface area contributed by atoms with Crippen molar-refractivity contribution in [1.29, 1.82) is 0 Å². The molecule has 186 valence electrons. The van der Waals surface area contributed by atoms with E-state index in [0.29, 0.717) is 42.4 Å². The lowest BCUT2D eigenvalue weighted by atomic mass is 10.1. The Morgan fingerprint density at radius 1 is 1.24 bits per heavy atom. The number of hydrogen-bond donors (Lipinski definition) is 3. The zero-order valence-corrected chi connectivity index (χ0v) is 19.4. The maximum atomic E-state index is 12.6. The van der Waals surface area contributed by atoms with Gasteiger partial charge in [-0.25, -0.2) is 9.78 Å². The Kier molecular flexibility index (Phi) is 7.63. The highest BCUT2D eigenvalue weighted by Gasteiger charge is 2.32. The first-order valence-electron chi connectivity index (χ1n) is 10.9. The van der Waals surface area contributed by atoms with Gasteiger partial charge in [0.05, 0.1) is 17.6 Å². The first-order valence-corrected chi connectivity index (χ1v) is 10.9. The number of nitrogen functional groups attached to an aromatic ring is 1. The van der Waals surface area contributed by atoms with Gasteiger partial charge in [0.2, 0.25) is 0 Å². The van der Waals surface area contributed by atoms with Crippen LogP contribution < -0.4 is 21.1 Å². The molecule has 1 aliphatic rings. The third kappa shape index (κ3) is 7.60. The Morgan fingerprint density at radius 3 is 2.68 bits per heavy atom. The second-order valence-corrected chi connectivity index (χ2v) is 9.13. The van der Waals surface area contributed by atoms with Gasteiger partial charge in [-0.15, -0.1) is 13.2 Å². The van der Waals surface area contributed by atoms with E-state index in [4.69, 9.17) is 10.5 Å². The minimum Gasteiger partial charge on any atom is -0.444 e. The van der Waals surface area contributed by atoms with Crippen molar-refractivity contribution in [2.45, 2.75) is 45.7 Å². The summed E-state index contributed by atoms with van der Waals surface area (Å²) in [6, 6.07) is 7.60. The van der Waals surface area contributed by atoms with E-state index in [1.807, 2.05) is 20.8 Å². The van der Waals surface area contributed by atoms with E-state index < -0.39 is 12.0 Å². The van der Waals surface area contributed by atoms with Crippen LogP contribution in [-0.2, 0) is 11.3 Å². The van der Waals surface area contributed by atoms with E-state index in [1.54, 1.807) is 23.1 Å². The largest absolute Gasteiger partial charge is 0.573 e. The van der Waals surface area contributed by atoms with Crippen LogP contribution in [0.2, 0.25) is 0 Å². The van der Waals surface area contributed by atoms with Crippen molar-refractivity contribution in [3.8, 4) is 5.75 Å². The molecule has 0 bridgehead atoms. The van der Waals surface area contributed by atoms with Crippen LogP contribution in [0.1, 0.15) is 32.8 Å². The average molecular weight is 482 g/mol. The van der Waals surface area contributed by atoms with E-state index >= 15 is 0 Å². The number of para-hydroxylation sites is 1. The number of anilines is 3. The SMILES string of the molecule is CC(C)(C)OC(=O)N1CC[C@@H](CNc2cc(NCc3ccccc3OC(F)(F)F)c(N)cn2)C1. The summed E-state index contributed by atoms with van der Waals surface area (Å²) in [6.45, 7) is 7.38. The quantitative estimate of drug-likeness (QED) is 0.520. The molecule has 1 amide bonds. The van der Waals surface area contributed by atoms with Crippen LogP contribution >= 0.6 is 0 Å². The van der Waals surface area contributed by atoms with E-state index in [-0.39, 0.29) is 24.3 Å². The van der Waals surface area contributed by atoms with Gasteiger partial charge in [-0.3, -0.25) is 0 Å². The lowest BCUT2D eigenvalue weighted by molar-refractivity contribution is -0.274. The predicted octanol–water partition coefficient (Wildman–Crippen LogP) is 4.84. The number of hydrogen-bond acceptors (Lipinski definition) is 7. The van der Waals surface area contributed by atoms with Gasteiger partial charge in [0.25, 0.3) is 0 Å². The lowest BCUT2D eigenvalue weighted by Gasteiger charge is -2.24. The Balaban J connectivity index is 1.56. The number of halogens is 3. The molecule has 0 aliphatic carbocycles. The van der Waals surface area contributed by atoms with E-state index in [2.05, 4.69) is 20.4 Å². The fraction of sp³-hybridized carbons (Fsp3) is 0.478. The maximum Gasteiger partial charge on any atom is 0.573 e. The number of nitrogens with one attached hydrogen (secondary N) is 2. The molecular formula is C23H30F3N5O3. The summed E-state index contributed by atoms with van der Waals surface area (Å²) in [5, 5.41) is 6.29. The summed E-state index contributed by atoms with van der Waals surface area (Å²) in [5.74, 6) is 0.520. The smallest absolute Gasteiger partial charge is 0.444 e. The van der Waals surface area contributed by atoms with Gasteiger partial charge in [0.1, 0.15) is 17.2 Å². The van der Waals surface area contributed by atoms with Gasteiger partial charge < -0.3 is 30.7 Å². The van der Waals surface area contributed by atoms with Crippen molar-refractivity contribution in [3.63, 3.8) is 0 Å². The van der Waals surface area contributed by atoms with Crippen molar-refractivity contribution in [1.82, 2.24) is 9.88 Å². The van der Waals surface area contributed by atoms with E-state index in [1.165, 1.54) is 18.3 Å². The first-order chi connectivity index (χ1) is 15.9. The number of nitrogens with zero attached hydrogens (tertiary/aromatic N) is 2. The molecule has 4 N–H and O–H groups in total. The van der Waals surface area contributed by atoms with Crippen molar-refractivity contribution in [3.05, 3.63) is 42.1 Å². The summed E-state index contributed by atoms with van der Waals surface area (Å²) in [5.41, 5.74) is 6.67. The summed E-state index contributed by atoms with van der Waals surface area (Å²) in [4.78, 5) is 18.2. The molecule has 1 saturated heterocycles. The summed E-state index contributed by atoms with van der Waals surface area (Å²) >= 11 is 0. The minimum absolute atomic E-state index is 0.0768. The molecule has 0 spiro atoms. The Hall–Kier alpha value is -3.37. The van der Waals surface area contributed by atoms with Crippen LogP contribution in [0.5, 0.6) is 5.75 Å². The lowest BCUT2D eigenvalue weighted by Crippen LogP contribution is -2.35. The van der Waals surface area contributed by atoms with Crippen molar-refractivity contribution in [2.75, 3.05) is 36.0 Å². The molecule has 8 nitrogen and oxygen atoms in total. The Morgan fingerprint density at radius 2 is 1.97 bits per heavy atom. The summed E-state index contributed by atoms with van der Waals surface area (Å²) < 4.78 is 47.5. The highest BCUT2D eigenvalue weighted by atomic mass is 19.4. The van der Waals surface area contributed by atoms with Crippen LogP contribution in [0.25, 0.3) is 0 Å². The number of alkyl halides is 3. The number of pyridine rings is 1. The number of amides is 1. The van der Waals surface area contributed by atoms with Gasteiger partial charge in [-0.05, 0) is 39.2 Å². The molecule has 2 aromatic rings. The molecule has 2 heterocycles. The topological polar surface area (TPSA) is 102 Å². The Labute approximate surface area is 196 Å². The van der Waals surface area contributed by atoms with Gasteiger partial charge in [0.15, 0.2) is 0 Å². The van der Waals surface area contributed by atoms with Crippen LogP contribution in [0.4, 0.5) is 35.2 Å². The third-order valence-electron chi connectivity index (χ3n) is 5.11. The monoisotopic (exact) mass is 481 g/mol. The normalized spacial score (nSPS) is 16.3. The molecule has 1 aromatic heterocycles. The number of nitrogens with two attached hydrogens (primary N) is 1. The molecule has 34 heavy (non-hydrogen) atoms. The van der Waals surface area contributed by atoms with Crippen molar-refractivity contribution in [2.24, 2.45) is 5.92 Å². The molecule has 0 radical (unpaired) electrons. The first kappa shape index (κ1) is 25.3. The number of carbonyl (C=O) groups is 1. The van der Waals surface area contributed by atoms with Crippen molar-refractivity contribution >= 4 is 23.3 Å². The van der Waals surface area contributed by atoms with E-state index in [9.17, 15) is 18.0 Å². The Bertz CT molecular complexity index is 995. The molecule has 1 fully saturated rings. The molecular weight excluding hydrogens is 451 g/mol. The zero-order chi connectivity index (χ0) is 24.9. The van der Waals surface area contributed by atoms with Gasteiger partial charge >= 0.3 is 12.5 Å². The number of likely N-dealkylation sites (tertiary alicyclic amines) is 1. The zero-order valence-electron chi connectivity index (χ0n) is 19.4. The fourth-order valence-electron chi connectivity index (χ4n) is 3.52. The van der Waals surface area contributed by atoms with E-state index in [0.717, 1.165) is 6.42 Å². The minimum atomic E-state index is -4.78. The summed E-state index contributed by atoms with van der Waals surface area (Å²) in [7, 11) is 0. The highest BCUT2D eigenvalue weighted by molar-refractivity contribution is 5.69. The number of carbonyl (C=O) groups excluding carboxylic acids is 1. The van der Waals surface area contributed by atoms with Crippen molar-refractivity contribution < 1.29 is 27.4 Å². The third-order valence-corrected chi connectivity index (χ3v) is 5.11. The van der Waals surface area contributed by atoms with Crippen LogP contribution in [0.3, 0.4) is 0 Å². The molecule has 1 aliphatic heterocycles. The van der Waals surface area contributed by atoms with Crippen LogP contribution in [-0.4, -0.2) is 47.6 Å². The van der Waals surface area contributed by atoms with Gasteiger partial charge in [-0.1, -0.05) is 18.2 Å². The standard InChI is InChI=1S/C23H30F3N5O3/c1-22(2,3)34-21(32)31-9-8-15(14-31)11-29-20-10-18(17(27)13-30-20)28-12-16-6-4-5-7-19(16)33-23(24,25)26/h4-7,10,13,15H,8-9,11-12,14,27H2,1-3H3,(H2,28,29,30)/t15-/m0/s1. The summed E-state index contributed by atoms with van der Waals surface area (Å²) in [6.07, 6.45) is -2.78. The molecule has 1 aromatic carbocycles. The fourth-order valence-corrected chi connectivity index (χ4v) is 3.52. The number of ether oxygens (including phenoxy) is 2. The second-order valence-electron chi connectivity index (χ2n) is 9.13. The molecule has 11 heteroatoms. The molecule has 0 saturated carbocycles. The second kappa shape index (κ2) is 10.3. The number of rotatable bonds is 7. The molecule has 3 rings (SSSR count). The predicted molar refractivity (Wildman–Crippen MR) is 124 cm³/mol. The van der Waals surface area contributed by atoms with Crippen LogP contribution in [0, 0.1) is 5.92 Å². The number of aromatic nitrogens is 1. The maximum absolute atomic E-state index is 12.6. The number of benzene rings is 1. The van der Waals surface area contributed by atoms with Crippen LogP contribution in [0.15, 0.2) is 36.5 Å². The molecule has 0 unspecified atom stereocenters. The van der Waals surface area contributed by atoms with Gasteiger partial charge in [0, 0.05) is 37.8 Å². The highest BCUT2D eigenvalue weighted by Crippen LogP contribution is 2.28.